The highest BCUT2D eigenvalue weighted by Gasteiger charge is 2.07. The van der Waals surface area contributed by atoms with Crippen LogP contribution in [0.3, 0.4) is 0 Å². The van der Waals surface area contributed by atoms with Crippen molar-refractivity contribution in [2.45, 2.75) is 6.92 Å². The number of hydrogen-bond acceptors (Lipinski definition) is 6. The van der Waals surface area contributed by atoms with Crippen LogP contribution in [0, 0.1) is 18.3 Å². The van der Waals surface area contributed by atoms with Gasteiger partial charge in [-0.3, -0.25) is 10.1 Å². The molecule has 0 bridgehead atoms. The molecule has 2 rings (SSSR count). The van der Waals surface area contributed by atoms with Crippen molar-refractivity contribution in [3.05, 3.63) is 35.7 Å². The number of carbonyl (C=O) groups is 1. The van der Waals surface area contributed by atoms with Crippen molar-refractivity contribution in [2.24, 2.45) is 0 Å². The van der Waals surface area contributed by atoms with Crippen LogP contribution in [0.15, 0.2) is 24.3 Å². The molecule has 1 N–H and O–H groups in total. The van der Waals surface area contributed by atoms with Gasteiger partial charge in [0.2, 0.25) is 5.13 Å². The summed E-state index contributed by atoms with van der Waals surface area (Å²) >= 11 is 1.12. The maximum atomic E-state index is 11.6. The van der Waals surface area contributed by atoms with E-state index in [-0.39, 0.29) is 12.5 Å². The molecule has 19 heavy (non-hydrogen) atoms. The van der Waals surface area contributed by atoms with E-state index in [1.54, 1.807) is 31.2 Å². The highest BCUT2D eigenvalue weighted by molar-refractivity contribution is 7.09. The van der Waals surface area contributed by atoms with Gasteiger partial charge in [-0.1, -0.05) is 0 Å². The first kappa shape index (κ1) is 13.0. The van der Waals surface area contributed by atoms with E-state index in [4.69, 9.17) is 10.00 Å². The van der Waals surface area contributed by atoms with Gasteiger partial charge < -0.3 is 4.74 Å². The normalized spacial score (nSPS) is 9.68. The number of aromatic nitrogens is 2. The van der Waals surface area contributed by atoms with Crippen molar-refractivity contribution in [1.82, 2.24) is 9.36 Å². The summed E-state index contributed by atoms with van der Waals surface area (Å²) in [4.78, 5) is 15.6. The zero-order chi connectivity index (χ0) is 13.7. The lowest BCUT2D eigenvalue weighted by molar-refractivity contribution is -0.118. The van der Waals surface area contributed by atoms with Crippen LogP contribution in [-0.2, 0) is 4.79 Å². The molecular weight excluding hydrogens is 264 g/mol. The third-order valence-corrected chi connectivity index (χ3v) is 2.85. The van der Waals surface area contributed by atoms with Gasteiger partial charge in [0, 0.05) is 11.5 Å². The summed E-state index contributed by atoms with van der Waals surface area (Å²) in [6, 6.07) is 8.54. The molecule has 1 aromatic heterocycles. The Morgan fingerprint density at radius 2 is 2.21 bits per heavy atom. The summed E-state index contributed by atoms with van der Waals surface area (Å²) in [6.07, 6.45) is 0. The lowest BCUT2D eigenvalue weighted by Gasteiger charge is -2.05. The fraction of sp³-hybridized carbons (Fsp3) is 0.167. The first-order valence-electron chi connectivity index (χ1n) is 5.40. The van der Waals surface area contributed by atoms with E-state index in [2.05, 4.69) is 14.7 Å². The number of nitrogens with one attached hydrogen (secondary N) is 1. The Bertz CT molecular complexity index is 615. The molecule has 1 heterocycles. The number of anilines is 1. The second-order valence-electron chi connectivity index (χ2n) is 3.62. The van der Waals surface area contributed by atoms with Crippen molar-refractivity contribution >= 4 is 22.6 Å². The fourth-order valence-corrected chi connectivity index (χ4v) is 1.87. The van der Waals surface area contributed by atoms with Crippen LogP contribution in [0.2, 0.25) is 0 Å². The van der Waals surface area contributed by atoms with E-state index in [0.717, 1.165) is 11.5 Å². The molecule has 0 aliphatic carbocycles. The van der Waals surface area contributed by atoms with Gasteiger partial charge in [0.1, 0.15) is 11.6 Å². The van der Waals surface area contributed by atoms with Crippen LogP contribution in [0.5, 0.6) is 5.75 Å². The first-order chi connectivity index (χ1) is 9.17. The lowest BCUT2D eigenvalue weighted by atomic mass is 10.2. The van der Waals surface area contributed by atoms with E-state index in [0.29, 0.717) is 22.3 Å². The summed E-state index contributed by atoms with van der Waals surface area (Å²) < 4.78 is 9.23. The van der Waals surface area contributed by atoms with Crippen molar-refractivity contribution in [3.8, 4) is 11.8 Å². The Morgan fingerprint density at radius 3 is 2.79 bits per heavy atom. The number of nitrogens with zero attached hydrogens (tertiary/aromatic N) is 3. The minimum absolute atomic E-state index is 0.121. The molecule has 0 spiro atoms. The quantitative estimate of drug-likeness (QED) is 0.917. The molecule has 96 valence electrons. The predicted octanol–water partition coefficient (Wildman–Crippen LogP) is 1.74. The molecule has 6 nitrogen and oxygen atoms in total. The smallest absolute Gasteiger partial charge is 0.264 e. The summed E-state index contributed by atoms with van der Waals surface area (Å²) in [5, 5.41) is 11.7. The minimum atomic E-state index is -0.305. The standard InChI is InChI=1S/C12H10N4O2S/c1-8-14-12(19-16-8)15-11(17)7-18-10-4-2-9(6-13)3-5-10/h2-5H,7H2,1H3,(H,14,15,16,17). The van der Waals surface area contributed by atoms with Crippen LogP contribution in [0.4, 0.5) is 5.13 Å². The SMILES string of the molecule is Cc1nsc(NC(=O)COc2ccc(C#N)cc2)n1. The fourth-order valence-electron chi connectivity index (χ4n) is 1.28. The van der Waals surface area contributed by atoms with Crippen LogP contribution in [0.1, 0.15) is 11.4 Å². The van der Waals surface area contributed by atoms with Crippen molar-refractivity contribution in [1.29, 1.82) is 5.26 Å². The molecule has 0 saturated carbocycles. The van der Waals surface area contributed by atoms with Crippen LogP contribution < -0.4 is 10.1 Å². The zero-order valence-corrected chi connectivity index (χ0v) is 10.9. The van der Waals surface area contributed by atoms with Gasteiger partial charge in [-0.05, 0) is 31.2 Å². The van der Waals surface area contributed by atoms with Crippen molar-refractivity contribution in [3.63, 3.8) is 0 Å². The Labute approximate surface area is 113 Å². The second-order valence-corrected chi connectivity index (χ2v) is 4.37. The van der Waals surface area contributed by atoms with Gasteiger partial charge >= 0.3 is 0 Å². The number of carbonyl (C=O) groups excluding carboxylic acids is 1. The molecule has 0 fully saturated rings. The maximum absolute atomic E-state index is 11.6. The van der Waals surface area contributed by atoms with Gasteiger partial charge in [-0.2, -0.15) is 9.64 Å². The minimum Gasteiger partial charge on any atom is -0.484 e. The first-order valence-corrected chi connectivity index (χ1v) is 6.18. The number of nitriles is 1. The van der Waals surface area contributed by atoms with E-state index >= 15 is 0 Å². The van der Waals surface area contributed by atoms with Crippen LogP contribution in [-0.4, -0.2) is 21.9 Å². The summed E-state index contributed by atoms with van der Waals surface area (Å²) in [5.74, 6) is 0.844. The summed E-state index contributed by atoms with van der Waals surface area (Å²) in [6.45, 7) is 1.63. The summed E-state index contributed by atoms with van der Waals surface area (Å²) in [7, 11) is 0. The van der Waals surface area contributed by atoms with Gasteiger partial charge in [-0.25, -0.2) is 4.98 Å². The average Bonchev–Trinajstić information content (AvgIpc) is 2.82. The van der Waals surface area contributed by atoms with Crippen LogP contribution in [0.25, 0.3) is 0 Å². The van der Waals surface area contributed by atoms with E-state index in [1.807, 2.05) is 6.07 Å². The molecule has 0 radical (unpaired) electrons. The molecule has 1 amide bonds. The predicted molar refractivity (Wildman–Crippen MR) is 69.9 cm³/mol. The molecular formula is C12H10N4O2S. The van der Waals surface area contributed by atoms with E-state index in [1.165, 1.54) is 0 Å². The van der Waals surface area contributed by atoms with Crippen molar-refractivity contribution in [2.75, 3.05) is 11.9 Å². The number of rotatable bonds is 4. The Morgan fingerprint density at radius 1 is 1.47 bits per heavy atom. The second kappa shape index (κ2) is 5.93. The largest absolute Gasteiger partial charge is 0.484 e. The third kappa shape index (κ3) is 3.76. The average molecular weight is 274 g/mol. The van der Waals surface area contributed by atoms with Gasteiger partial charge in [0.15, 0.2) is 6.61 Å². The molecule has 0 aliphatic rings. The lowest BCUT2D eigenvalue weighted by Crippen LogP contribution is -2.20. The highest BCUT2D eigenvalue weighted by atomic mass is 32.1. The Balaban J connectivity index is 1.84. The maximum Gasteiger partial charge on any atom is 0.264 e. The number of aryl methyl sites for hydroxylation is 1. The summed E-state index contributed by atoms with van der Waals surface area (Å²) in [5.41, 5.74) is 0.543. The van der Waals surface area contributed by atoms with E-state index in [9.17, 15) is 4.79 Å². The molecule has 0 unspecified atom stereocenters. The molecule has 0 aliphatic heterocycles. The molecule has 0 atom stereocenters. The van der Waals surface area contributed by atoms with Crippen LogP contribution >= 0.6 is 11.5 Å². The monoisotopic (exact) mass is 274 g/mol. The molecule has 7 heteroatoms. The Hall–Kier alpha value is -2.46. The molecule has 0 saturated heterocycles. The molecule has 1 aromatic carbocycles. The number of amides is 1. The third-order valence-electron chi connectivity index (χ3n) is 2.13. The van der Waals surface area contributed by atoms with Gasteiger partial charge in [0.25, 0.3) is 5.91 Å². The topological polar surface area (TPSA) is 87.9 Å². The molecule has 2 aromatic rings. The number of hydrogen-bond donors (Lipinski definition) is 1. The zero-order valence-electron chi connectivity index (χ0n) is 10.1. The van der Waals surface area contributed by atoms with Gasteiger partial charge in [0.05, 0.1) is 11.6 Å². The van der Waals surface area contributed by atoms with E-state index < -0.39 is 0 Å². The Kier molecular flexibility index (Phi) is 4.05. The number of benzene rings is 1. The van der Waals surface area contributed by atoms with Crippen molar-refractivity contribution < 1.29 is 9.53 Å². The number of ether oxygens (including phenoxy) is 1. The van der Waals surface area contributed by atoms with Gasteiger partial charge in [-0.15, -0.1) is 0 Å². The highest BCUT2D eigenvalue weighted by Crippen LogP contribution is 2.12.